The molecule has 0 bridgehead atoms. The van der Waals surface area contributed by atoms with Crippen molar-refractivity contribution >= 4 is 11.7 Å². The first-order chi connectivity index (χ1) is 17.8. The van der Waals surface area contributed by atoms with Gasteiger partial charge in [-0.05, 0) is 52.1 Å². The van der Waals surface area contributed by atoms with Gasteiger partial charge in [-0.1, -0.05) is 97.1 Å². The molecule has 6 rings (SSSR count). The van der Waals surface area contributed by atoms with E-state index in [-0.39, 0.29) is 6.17 Å². The van der Waals surface area contributed by atoms with Gasteiger partial charge in [0.05, 0.1) is 0 Å². The summed E-state index contributed by atoms with van der Waals surface area (Å²) in [4.78, 5) is 14.1. The molecule has 0 saturated carbocycles. The molecule has 1 atom stereocenters. The summed E-state index contributed by atoms with van der Waals surface area (Å²) in [6.45, 7) is 0. The summed E-state index contributed by atoms with van der Waals surface area (Å²) < 4.78 is 0. The average Bonchev–Trinajstić information content (AvgIpc) is 2.98. The maximum Gasteiger partial charge on any atom is 0.169 e. The van der Waals surface area contributed by atoms with Crippen molar-refractivity contribution in [3.05, 3.63) is 150 Å². The fourth-order valence-corrected chi connectivity index (χ4v) is 4.38. The minimum Gasteiger partial charge on any atom is -0.324 e. The van der Waals surface area contributed by atoms with Crippen LogP contribution in [0.15, 0.2) is 144 Å². The van der Waals surface area contributed by atoms with Crippen LogP contribution in [0.4, 0.5) is 0 Å². The molecule has 0 saturated heterocycles. The normalized spacial score (nSPS) is 14.9. The fourth-order valence-electron chi connectivity index (χ4n) is 4.38. The van der Waals surface area contributed by atoms with Gasteiger partial charge >= 0.3 is 0 Å². The summed E-state index contributed by atoms with van der Waals surface area (Å²) in [6.07, 6.45) is 3.34. The number of rotatable bonds is 5. The third-order valence-electron chi connectivity index (χ3n) is 6.23. The second-order valence-electron chi connectivity index (χ2n) is 8.63. The predicted molar refractivity (Wildman–Crippen MR) is 147 cm³/mol. The second-order valence-corrected chi connectivity index (χ2v) is 8.63. The monoisotopic (exact) mass is 464 g/mol. The molecule has 5 aromatic rings. The smallest absolute Gasteiger partial charge is 0.169 e. The van der Waals surface area contributed by atoms with Crippen molar-refractivity contribution in [1.29, 1.82) is 0 Å². The quantitative estimate of drug-likeness (QED) is 0.307. The molecule has 4 heteroatoms. The van der Waals surface area contributed by atoms with Gasteiger partial charge in [-0.3, -0.25) is 4.98 Å². The molecule has 36 heavy (non-hydrogen) atoms. The summed E-state index contributed by atoms with van der Waals surface area (Å²) in [5, 5.41) is 3.49. The Balaban J connectivity index is 1.38. The zero-order chi connectivity index (χ0) is 24.2. The fraction of sp³-hybridized carbons (Fsp3) is 0.0312. The molecule has 1 N–H and O–H groups in total. The first kappa shape index (κ1) is 21.7. The van der Waals surface area contributed by atoms with Crippen LogP contribution in [-0.2, 0) is 0 Å². The molecule has 4 aromatic carbocycles. The molecule has 0 fully saturated rings. The van der Waals surface area contributed by atoms with Gasteiger partial charge in [-0.15, -0.1) is 0 Å². The highest BCUT2D eigenvalue weighted by Gasteiger charge is 2.20. The number of hydrogen-bond acceptors (Lipinski definition) is 4. The first-order valence-electron chi connectivity index (χ1n) is 12.0. The van der Waals surface area contributed by atoms with Gasteiger partial charge in [-0.2, -0.15) is 0 Å². The molecular weight excluding hydrogens is 440 g/mol. The van der Waals surface area contributed by atoms with Crippen LogP contribution in [0.1, 0.15) is 22.9 Å². The van der Waals surface area contributed by atoms with E-state index in [0.717, 1.165) is 50.6 Å². The lowest BCUT2D eigenvalue weighted by atomic mass is 9.98. The zero-order valence-electron chi connectivity index (χ0n) is 19.6. The molecule has 4 nitrogen and oxygen atoms in total. The zero-order valence-corrected chi connectivity index (χ0v) is 19.6. The van der Waals surface area contributed by atoms with Crippen molar-refractivity contribution in [3.63, 3.8) is 0 Å². The van der Waals surface area contributed by atoms with Crippen LogP contribution < -0.4 is 5.32 Å². The van der Waals surface area contributed by atoms with Crippen LogP contribution in [0.3, 0.4) is 0 Å². The van der Waals surface area contributed by atoms with Gasteiger partial charge < -0.3 is 5.32 Å². The summed E-state index contributed by atoms with van der Waals surface area (Å²) in [6, 6.07) is 41.6. The number of benzene rings is 4. The number of hydrogen-bond donors (Lipinski definition) is 1. The van der Waals surface area contributed by atoms with Crippen LogP contribution in [0.2, 0.25) is 0 Å². The lowest BCUT2D eigenvalue weighted by Crippen LogP contribution is -2.36. The van der Waals surface area contributed by atoms with Crippen molar-refractivity contribution < 1.29 is 0 Å². The van der Waals surface area contributed by atoms with Gasteiger partial charge in [-0.25, -0.2) is 9.98 Å². The summed E-state index contributed by atoms with van der Waals surface area (Å²) in [7, 11) is 0. The number of nitrogens with zero attached hydrogens (tertiary/aromatic N) is 3. The molecule has 0 aliphatic carbocycles. The Hall–Kier alpha value is -4.83. The van der Waals surface area contributed by atoms with E-state index in [9.17, 15) is 0 Å². The van der Waals surface area contributed by atoms with Crippen molar-refractivity contribution in [2.24, 2.45) is 9.98 Å². The molecule has 172 valence electrons. The number of nitrogens with one attached hydrogen (secondary N) is 1. The Labute approximate surface area is 210 Å². The van der Waals surface area contributed by atoms with E-state index < -0.39 is 0 Å². The Morgan fingerprint density at radius 1 is 0.444 bits per heavy atom. The third-order valence-corrected chi connectivity index (χ3v) is 6.23. The van der Waals surface area contributed by atoms with E-state index >= 15 is 0 Å². The molecule has 0 spiro atoms. The average molecular weight is 465 g/mol. The highest BCUT2D eigenvalue weighted by Crippen LogP contribution is 2.28. The maximum absolute atomic E-state index is 5.01. The van der Waals surface area contributed by atoms with Gasteiger partial charge in [0.2, 0.25) is 0 Å². The van der Waals surface area contributed by atoms with E-state index in [1.165, 1.54) is 0 Å². The van der Waals surface area contributed by atoms with Crippen molar-refractivity contribution in [3.8, 4) is 22.3 Å². The van der Waals surface area contributed by atoms with E-state index in [0.29, 0.717) is 0 Å². The van der Waals surface area contributed by atoms with Crippen molar-refractivity contribution in [2.75, 3.05) is 0 Å². The standard InChI is InChI=1S/C32H24N4/c1-3-9-24(10-4-1)30-34-31(25-11-5-2-6-12-25)36-32(35-30)29-16-8-15-28(22-29)27-14-7-13-26(21-27)23-17-19-33-20-18-23/h1-22,30H,(H,34,35,36). The Morgan fingerprint density at radius 3 is 1.61 bits per heavy atom. The lowest BCUT2D eigenvalue weighted by molar-refractivity contribution is 0.756. The highest BCUT2D eigenvalue weighted by atomic mass is 15.2. The number of aromatic nitrogens is 1. The van der Waals surface area contributed by atoms with Crippen LogP contribution in [0.5, 0.6) is 0 Å². The summed E-state index contributed by atoms with van der Waals surface area (Å²) in [5.74, 6) is 1.63. The summed E-state index contributed by atoms with van der Waals surface area (Å²) in [5.41, 5.74) is 7.71. The molecule has 1 aliphatic rings. The molecule has 1 aromatic heterocycles. The molecule has 1 unspecified atom stereocenters. The van der Waals surface area contributed by atoms with Gasteiger partial charge in [0.25, 0.3) is 0 Å². The SMILES string of the molecule is c1ccc(C2=NC(c3ccccc3)N=C(c3cccc(-c4cccc(-c5ccncc5)c4)c3)N2)cc1. The Morgan fingerprint density at radius 2 is 0.944 bits per heavy atom. The van der Waals surface area contributed by atoms with Crippen molar-refractivity contribution in [2.45, 2.75) is 6.17 Å². The van der Waals surface area contributed by atoms with E-state index in [2.05, 4.69) is 83.1 Å². The predicted octanol–water partition coefficient (Wildman–Crippen LogP) is 6.91. The minimum atomic E-state index is -0.309. The van der Waals surface area contributed by atoms with E-state index in [1.54, 1.807) is 0 Å². The van der Waals surface area contributed by atoms with E-state index in [1.807, 2.05) is 60.9 Å². The Kier molecular flexibility index (Phi) is 5.91. The topological polar surface area (TPSA) is 49.6 Å². The molecule has 0 radical (unpaired) electrons. The van der Waals surface area contributed by atoms with Crippen LogP contribution >= 0.6 is 0 Å². The van der Waals surface area contributed by atoms with E-state index in [4.69, 9.17) is 9.98 Å². The highest BCUT2D eigenvalue weighted by molar-refractivity contribution is 6.16. The molecule has 0 amide bonds. The Bertz CT molecular complexity index is 1540. The van der Waals surface area contributed by atoms with Crippen molar-refractivity contribution in [1.82, 2.24) is 10.3 Å². The summed E-state index contributed by atoms with van der Waals surface area (Å²) >= 11 is 0. The minimum absolute atomic E-state index is 0.309. The first-order valence-corrected chi connectivity index (χ1v) is 12.0. The molecular formula is C32H24N4. The largest absolute Gasteiger partial charge is 0.324 e. The number of pyridine rings is 1. The second kappa shape index (κ2) is 9.80. The number of amidine groups is 2. The van der Waals surface area contributed by atoms with Crippen LogP contribution in [0, 0.1) is 0 Å². The van der Waals surface area contributed by atoms with Crippen LogP contribution in [0.25, 0.3) is 22.3 Å². The number of aliphatic imine (C=N–C) groups is 2. The maximum atomic E-state index is 5.01. The van der Waals surface area contributed by atoms with Gasteiger partial charge in [0.1, 0.15) is 11.7 Å². The molecule has 2 heterocycles. The van der Waals surface area contributed by atoms with Gasteiger partial charge in [0.15, 0.2) is 6.17 Å². The van der Waals surface area contributed by atoms with Crippen LogP contribution in [-0.4, -0.2) is 16.7 Å². The lowest BCUT2D eigenvalue weighted by Gasteiger charge is -2.22. The third kappa shape index (κ3) is 4.57. The molecule has 1 aliphatic heterocycles. The van der Waals surface area contributed by atoms with Gasteiger partial charge in [0, 0.05) is 23.5 Å².